The molecule has 1 aromatic carbocycles. The van der Waals surface area contributed by atoms with Crippen molar-refractivity contribution in [1.82, 2.24) is 14.7 Å². The molecule has 1 fully saturated rings. The minimum atomic E-state index is -0.644. The van der Waals surface area contributed by atoms with Crippen LogP contribution in [0.1, 0.15) is 19.4 Å². The van der Waals surface area contributed by atoms with E-state index in [4.69, 9.17) is 4.99 Å². The molecular weight excluding hydrogens is 370 g/mol. The third-order valence-electron chi connectivity index (χ3n) is 5.61. The second-order valence-corrected chi connectivity index (χ2v) is 8.08. The lowest BCUT2D eigenvalue weighted by Gasteiger charge is -2.36. The third kappa shape index (κ3) is 3.43. The molecule has 3 aliphatic rings. The van der Waals surface area contributed by atoms with Crippen LogP contribution in [-0.2, 0) is 16.0 Å². The molecule has 0 saturated carbocycles. The number of hydrogen-bond acceptors (Lipinski definition) is 5. The Morgan fingerprint density at radius 2 is 1.97 bits per heavy atom. The minimum Gasteiger partial charge on any atom is -0.298 e. The van der Waals surface area contributed by atoms with Crippen molar-refractivity contribution in [3.05, 3.63) is 35.9 Å². The number of amides is 3. The normalized spacial score (nSPS) is 24.0. The monoisotopic (exact) mass is 396 g/mol. The minimum absolute atomic E-state index is 0.206. The van der Waals surface area contributed by atoms with Crippen LogP contribution in [0.3, 0.4) is 0 Å². The van der Waals surface area contributed by atoms with Crippen molar-refractivity contribution in [2.45, 2.75) is 26.3 Å². The van der Waals surface area contributed by atoms with E-state index in [0.717, 1.165) is 30.4 Å². The SMILES string of the molecule is CC(=O)CN1C(=O)C2C(=NC3=[N+](CCc4ccccc4)CC(C)CN32)N(C)C1=O. The van der Waals surface area contributed by atoms with Crippen LogP contribution in [0.4, 0.5) is 4.79 Å². The molecule has 0 radical (unpaired) electrons. The number of likely N-dealkylation sites (N-methyl/N-ethyl adjacent to an activating group) is 1. The Kier molecular flexibility index (Phi) is 4.94. The summed E-state index contributed by atoms with van der Waals surface area (Å²) in [4.78, 5) is 46.5. The molecule has 2 atom stereocenters. The largest absolute Gasteiger partial charge is 0.392 e. The van der Waals surface area contributed by atoms with Gasteiger partial charge in [-0.2, -0.15) is 0 Å². The fourth-order valence-corrected chi connectivity index (χ4v) is 4.26. The number of fused-ring (bicyclic) bond motifs is 3. The van der Waals surface area contributed by atoms with Crippen molar-refractivity contribution in [3.63, 3.8) is 0 Å². The van der Waals surface area contributed by atoms with Crippen molar-refractivity contribution in [3.8, 4) is 0 Å². The van der Waals surface area contributed by atoms with Gasteiger partial charge in [-0.15, -0.1) is 0 Å². The van der Waals surface area contributed by atoms with Gasteiger partial charge in [0.2, 0.25) is 11.9 Å². The number of Topliss-reactive ketones (excluding diaryl/α,β-unsaturated/α-hetero) is 1. The second kappa shape index (κ2) is 7.42. The molecule has 1 saturated heterocycles. The van der Waals surface area contributed by atoms with Crippen LogP contribution in [0.25, 0.3) is 0 Å². The van der Waals surface area contributed by atoms with Gasteiger partial charge in [0.05, 0.1) is 26.2 Å². The van der Waals surface area contributed by atoms with E-state index in [1.807, 2.05) is 23.1 Å². The lowest BCUT2D eigenvalue weighted by Crippen LogP contribution is -2.65. The van der Waals surface area contributed by atoms with E-state index in [1.165, 1.54) is 17.4 Å². The summed E-state index contributed by atoms with van der Waals surface area (Å²) in [5, 5.41) is 0. The molecule has 3 aliphatic heterocycles. The topological polar surface area (TPSA) is 76.3 Å². The first-order chi connectivity index (χ1) is 13.9. The highest BCUT2D eigenvalue weighted by Gasteiger charge is 2.57. The first-order valence-electron chi connectivity index (χ1n) is 9.96. The van der Waals surface area contributed by atoms with Crippen LogP contribution in [0.15, 0.2) is 35.3 Å². The van der Waals surface area contributed by atoms with E-state index in [1.54, 1.807) is 7.05 Å². The summed E-state index contributed by atoms with van der Waals surface area (Å²) in [5.74, 6) is 0.958. The Bertz CT molecular complexity index is 924. The summed E-state index contributed by atoms with van der Waals surface area (Å²) in [6.07, 6.45) is 0.875. The van der Waals surface area contributed by atoms with E-state index >= 15 is 0 Å². The Hall–Kier alpha value is -3.03. The Morgan fingerprint density at radius 3 is 2.66 bits per heavy atom. The van der Waals surface area contributed by atoms with E-state index in [2.05, 4.69) is 23.6 Å². The number of carbonyl (C=O) groups is 3. The molecule has 3 amide bonds. The summed E-state index contributed by atoms with van der Waals surface area (Å²) in [7, 11) is 1.62. The molecule has 0 aliphatic carbocycles. The molecule has 0 aromatic heterocycles. The van der Waals surface area contributed by atoms with E-state index in [0.29, 0.717) is 18.3 Å². The second-order valence-electron chi connectivity index (χ2n) is 8.08. The number of nitrogens with zero attached hydrogens (tertiary/aromatic N) is 5. The Balaban J connectivity index is 1.66. The average molecular weight is 396 g/mol. The number of aliphatic imine (C=N–C) groups is 1. The summed E-state index contributed by atoms with van der Waals surface area (Å²) in [6, 6.07) is 9.12. The molecule has 152 valence electrons. The Labute approximate surface area is 170 Å². The molecule has 3 heterocycles. The van der Waals surface area contributed by atoms with E-state index in [9.17, 15) is 14.4 Å². The maximum atomic E-state index is 13.1. The number of urea groups is 1. The molecule has 0 bridgehead atoms. The summed E-state index contributed by atoms with van der Waals surface area (Å²) in [5.41, 5.74) is 1.25. The van der Waals surface area contributed by atoms with Crippen molar-refractivity contribution in [1.29, 1.82) is 0 Å². The molecule has 4 rings (SSSR count). The standard InChI is InChI=1S/C21H26N5O3/c1-14-11-24(10-9-16-7-5-4-6-8-16)20-22-18-17(25(20)12-14)19(28)26(13-15(2)27)21(29)23(18)3/h4-8,14,17H,9-13H2,1-3H3/q+1. The average Bonchev–Trinajstić information content (AvgIpc) is 3.08. The van der Waals surface area contributed by atoms with Gasteiger partial charge in [-0.05, 0) is 12.5 Å². The van der Waals surface area contributed by atoms with Gasteiger partial charge >= 0.3 is 12.0 Å². The highest BCUT2D eigenvalue weighted by Crippen LogP contribution is 2.27. The Morgan fingerprint density at radius 1 is 1.24 bits per heavy atom. The number of amidine groups is 1. The van der Waals surface area contributed by atoms with Crippen molar-refractivity contribution >= 4 is 29.5 Å². The summed E-state index contributed by atoms with van der Waals surface area (Å²) in [6.45, 7) is 5.65. The molecule has 8 heteroatoms. The third-order valence-corrected chi connectivity index (χ3v) is 5.61. The molecule has 1 aromatic rings. The number of rotatable bonds is 5. The van der Waals surface area contributed by atoms with Gasteiger partial charge in [-0.25, -0.2) is 9.69 Å². The summed E-state index contributed by atoms with van der Waals surface area (Å²) < 4.78 is 2.20. The molecule has 8 nitrogen and oxygen atoms in total. The molecule has 0 N–H and O–H groups in total. The number of ketones is 1. The van der Waals surface area contributed by atoms with Gasteiger partial charge < -0.3 is 0 Å². The van der Waals surface area contributed by atoms with Crippen molar-refractivity contribution in [2.75, 3.05) is 33.2 Å². The van der Waals surface area contributed by atoms with Crippen LogP contribution in [0.5, 0.6) is 0 Å². The fourth-order valence-electron chi connectivity index (χ4n) is 4.26. The number of benzene rings is 1. The number of imide groups is 1. The molecule has 0 spiro atoms. The first kappa shape index (κ1) is 19.3. The highest BCUT2D eigenvalue weighted by atomic mass is 16.2. The van der Waals surface area contributed by atoms with Gasteiger partial charge in [0, 0.05) is 19.4 Å². The van der Waals surface area contributed by atoms with Crippen molar-refractivity contribution < 1.29 is 19.0 Å². The quantitative estimate of drug-likeness (QED) is 0.691. The predicted molar refractivity (Wildman–Crippen MR) is 108 cm³/mol. The van der Waals surface area contributed by atoms with Gasteiger partial charge in [0.25, 0.3) is 5.91 Å². The van der Waals surface area contributed by atoms with Gasteiger partial charge in [-0.1, -0.05) is 42.2 Å². The lowest BCUT2D eigenvalue weighted by atomic mass is 10.1. The van der Waals surface area contributed by atoms with Crippen LogP contribution in [0.2, 0.25) is 0 Å². The van der Waals surface area contributed by atoms with E-state index < -0.39 is 12.1 Å². The van der Waals surface area contributed by atoms with Crippen molar-refractivity contribution in [2.24, 2.45) is 10.9 Å². The number of carbonyl (C=O) groups excluding carboxylic acids is 3. The maximum absolute atomic E-state index is 13.1. The lowest BCUT2D eigenvalue weighted by molar-refractivity contribution is -0.545. The smallest absolute Gasteiger partial charge is 0.298 e. The molecular formula is C21H26N5O3+. The van der Waals surface area contributed by atoms with E-state index in [-0.39, 0.29) is 18.2 Å². The van der Waals surface area contributed by atoms with Crippen LogP contribution >= 0.6 is 0 Å². The maximum Gasteiger partial charge on any atom is 0.392 e. The fraction of sp³-hybridized carbons (Fsp3) is 0.476. The van der Waals surface area contributed by atoms with Crippen LogP contribution < -0.4 is 0 Å². The summed E-state index contributed by atoms with van der Waals surface area (Å²) >= 11 is 0. The van der Waals surface area contributed by atoms with Gasteiger partial charge in [-0.3, -0.25) is 24.0 Å². The van der Waals surface area contributed by atoms with Crippen LogP contribution in [0, 0.1) is 5.92 Å². The zero-order valence-corrected chi connectivity index (χ0v) is 17.0. The highest BCUT2D eigenvalue weighted by molar-refractivity contribution is 6.26. The van der Waals surface area contributed by atoms with Crippen LogP contribution in [-0.4, -0.2) is 88.1 Å². The predicted octanol–water partition coefficient (Wildman–Crippen LogP) is 0.813. The first-order valence-corrected chi connectivity index (χ1v) is 9.96. The van der Waals surface area contributed by atoms with Gasteiger partial charge in [0.15, 0.2) is 0 Å². The molecule has 29 heavy (non-hydrogen) atoms. The zero-order valence-electron chi connectivity index (χ0n) is 17.0. The zero-order chi connectivity index (χ0) is 20.7. The molecule has 2 unspecified atom stereocenters. The number of guanidine groups is 1. The number of hydrogen-bond donors (Lipinski definition) is 0. The van der Waals surface area contributed by atoms with Gasteiger partial charge in [0.1, 0.15) is 5.78 Å².